The third-order valence-electron chi connectivity index (χ3n) is 5.72. The Morgan fingerprint density at radius 2 is 1.82 bits per heavy atom. The summed E-state index contributed by atoms with van der Waals surface area (Å²) in [4.78, 5) is 38.4. The Kier molecular flexibility index (Phi) is 6.43. The van der Waals surface area contributed by atoms with Crippen LogP contribution in [0.15, 0.2) is 0 Å². The molecule has 0 bridgehead atoms. The number of hydrogen-bond acceptors (Lipinski definition) is 5. The fraction of sp³-hybridized carbons (Fsp3) is 0.667. The number of nitrogens with one attached hydrogen (secondary N) is 1. The van der Waals surface area contributed by atoms with Crippen molar-refractivity contribution in [1.82, 2.24) is 0 Å². The van der Waals surface area contributed by atoms with Crippen LogP contribution in [0.1, 0.15) is 73.7 Å². The SMILES string of the molecule is CC1CCc2c(sc(NC(=O)C3CCCCC3C(=O)O)c2C(=O)OC(C)C)C1. The molecule has 6 nitrogen and oxygen atoms in total. The molecule has 0 radical (unpaired) electrons. The third-order valence-corrected chi connectivity index (χ3v) is 6.88. The number of rotatable bonds is 5. The fourth-order valence-corrected chi connectivity index (χ4v) is 5.67. The van der Waals surface area contributed by atoms with Crippen LogP contribution in [0.4, 0.5) is 5.00 Å². The lowest BCUT2D eigenvalue weighted by molar-refractivity contribution is -0.147. The minimum atomic E-state index is -0.918. The minimum absolute atomic E-state index is 0.246. The molecule has 0 aromatic carbocycles. The molecular formula is C21H29NO5S. The number of aliphatic carboxylic acids is 1. The zero-order chi connectivity index (χ0) is 20.4. The Morgan fingerprint density at radius 3 is 2.46 bits per heavy atom. The van der Waals surface area contributed by atoms with Gasteiger partial charge < -0.3 is 15.2 Å². The zero-order valence-electron chi connectivity index (χ0n) is 16.7. The molecule has 3 atom stereocenters. The summed E-state index contributed by atoms with van der Waals surface area (Å²) >= 11 is 1.44. The first-order valence-corrected chi connectivity index (χ1v) is 11.0. The van der Waals surface area contributed by atoms with Crippen molar-refractivity contribution in [1.29, 1.82) is 0 Å². The van der Waals surface area contributed by atoms with E-state index in [1.54, 1.807) is 13.8 Å². The molecule has 28 heavy (non-hydrogen) atoms. The smallest absolute Gasteiger partial charge is 0.341 e. The quantitative estimate of drug-likeness (QED) is 0.711. The molecule has 1 heterocycles. The number of ether oxygens (including phenoxy) is 1. The molecule has 1 saturated carbocycles. The van der Waals surface area contributed by atoms with Gasteiger partial charge in [0, 0.05) is 4.88 Å². The van der Waals surface area contributed by atoms with E-state index in [4.69, 9.17) is 4.74 Å². The molecule has 3 unspecified atom stereocenters. The molecule has 0 saturated heterocycles. The van der Waals surface area contributed by atoms with Gasteiger partial charge in [-0.15, -0.1) is 11.3 Å². The number of anilines is 1. The van der Waals surface area contributed by atoms with Crippen LogP contribution < -0.4 is 5.32 Å². The van der Waals surface area contributed by atoms with Crippen LogP contribution in [0, 0.1) is 17.8 Å². The number of carboxylic acid groups (broad SMARTS) is 1. The number of esters is 1. The summed E-state index contributed by atoms with van der Waals surface area (Å²) < 4.78 is 5.44. The van der Waals surface area contributed by atoms with Gasteiger partial charge in [-0.05, 0) is 57.4 Å². The highest BCUT2D eigenvalue weighted by Gasteiger charge is 2.37. The zero-order valence-corrected chi connectivity index (χ0v) is 17.6. The Hall–Kier alpha value is -1.89. The highest BCUT2D eigenvalue weighted by molar-refractivity contribution is 7.17. The summed E-state index contributed by atoms with van der Waals surface area (Å²) in [5, 5.41) is 12.9. The minimum Gasteiger partial charge on any atom is -0.481 e. The molecule has 2 N–H and O–H groups in total. The van der Waals surface area contributed by atoms with E-state index in [1.807, 2.05) is 0 Å². The Balaban J connectivity index is 1.89. The summed E-state index contributed by atoms with van der Waals surface area (Å²) in [7, 11) is 0. The lowest BCUT2D eigenvalue weighted by Gasteiger charge is -2.27. The van der Waals surface area contributed by atoms with Gasteiger partial charge in [0.2, 0.25) is 5.91 Å². The van der Waals surface area contributed by atoms with Gasteiger partial charge in [0.15, 0.2) is 0 Å². The second-order valence-corrected chi connectivity index (χ2v) is 9.44. The van der Waals surface area contributed by atoms with Crippen LogP contribution in [-0.4, -0.2) is 29.1 Å². The Bertz CT molecular complexity index is 769. The topological polar surface area (TPSA) is 92.7 Å². The van der Waals surface area contributed by atoms with Gasteiger partial charge in [0.25, 0.3) is 0 Å². The van der Waals surface area contributed by atoms with E-state index in [9.17, 15) is 19.5 Å². The summed E-state index contributed by atoms with van der Waals surface area (Å²) in [6.45, 7) is 5.79. The molecule has 3 rings (SSSR count). The largest absolute Gasteiger partial charge is 0.481 e. The highest BCUT2D eigenvalue weighted by atomic mass is 32.1. The fourth-order valence-electron chi connectivity index (χ4n) is 4.27. The lowest BCUT2D eigenvalue weighted by atomic mass is 9.78. The van der Waals surface area contributed by atoms with Gasteiger partial charge in [0.05, 0.1) is 23.5 Å². The number of carbonyl (C=O) groups excluding carboxylic acids is 2. The van der Waals surface area contributed by atoms with Gasteiger partial charge in [0.1, 0.15) is 5.00 Å². The molecule has 1 fully saturated rings. The molecule has 1 aromatic heterocycles. The molecule has 154 valence electrons. The van der Waals surface area contributed by atoms with E-state index in [-0.39, 0.29) is 12.0 Å². The average Bonchev–Trinajstić information content (AvgIpc) is 2.97. The maximum Gasteiger partial charge on any atom is 0.341 e. The molecule has 2 aliphatic carbocycles. The van der Waals surface area contributed by atoms with Crippen molar-refractivity contribution in [2.24, 2.45) is 17.8 Å². The van der Waals surface area contributed by atoms with E-state index in [2.05, 4.69) is 12.2 Å². The Morgan fingerprint density at radius 1 is 1.14 bits per heavy atom. The summed E-state index contributed by atoms with van der Waals surface area (Å²) in [6.07, 6.45) is 5.21. The van der Waals surface area contributed by atoms with Gasteiger partial charge >= 0.3 is 11.9 Å². The van der Waals surface area contributed by atoms with Gasteiger partial charge in [-0.1, -0.05) is 19.8 Å². The molecule has 1 aromatic rings. The number of thiophene rings is 1. The van der Waals surface area contributed by atoms with E-state index >= 15 is 0 Å². The normalized spacial score (nSPS) is 24.5. The van der Waals surface area contributed by atoms with Crippen LogP contribution in [-0.2, 0) is 27.2 Å². The standard InChI is InChI=1S/C21H29NO5S/c1-11(2)27-21(26)17-15-9-8-12(3)10-16(15)28-19(17)22-18(23)13-6-4-5-7-14(13)20(24)25/h11-14H,4-10H2,1-3H3,(H,22,23)(H,24,25). The summed E-state index contributed by atoms with van der Waals surface area (Å²) in [5.74, 6) is -2.29. The molecule has 0 aliphatic heterocycles. The first kappa shape index (κ1) is 20.8. The van der Waals surface area contributed by atoms with E-state index in [0.29, 0.717) is 29.3 Å². The van der Waals surface area contributed by atoms with Gasteiger partial charge in [-0.3, -0.25) is 9.59 Å². The van der Waals surface area contributed by atoms with Gasteiger partial charge in [-0.25, -0.2) is 4.79 Å². The van der Waals surface area contributed by atoms with Crippen LogP contribution >= 0.6 is 11.3 Å². The van der Waals surface area contributed by atoms with Crippen LogP contribution in [0.5, 0.6) is 0 Å². The number of amides is 1. The lowest BCUT2D eigenvalue weighted by Crippen LogP contribution is -2.36. The summed E-state index contributed by atoms with van der Waals surface area (Å²) in [6, 6.07) is 0. The van der Waals surface area contributed by atoms with E-state index < -0.39 is 23.8 Å². The number of carboxylic acids is 1. The first-order chi connectivity index (χ1) is 13.3. The molecule has 1 amide bonds. The predicted octanol–water partition coefficient (Wildman–Crippen LogP) is 4.27. The van der Waals surface area contributed by atoms with E-state index in [1.165, 1.54) is 11.3 Å². The predicted molar refractivity (Wildman–Crippen MR) is 108 cm³/mol. The van der Waals surface area contributed by atoms with Crippen LogP contribution in [0.2, 0.25) is 0 Å². The second kappa shape index (κ2) is 8.64. The number of carbonyl (C=O) groups is 3. The highest BCUT2D eigenvalue weighted by Crippen LogP contribution is 2.41. The maximum absolute atomic E-state index is 12.9. The average molecular weight is 408 g/mol. The Labute approximate surface area is 169 Å². The van der Waals surface area contributed by atoms with Crippen LogP contribution in [0.3, 0.4) is 0 Å². The molecule has 7 heteroatoms. The van der Waals surface area contributed by atoms with Crippen molar-refractivity contribution < 1.29 is 24.2 Å². The third kappa shape index (κ3) is 4.40. The first-order valence-electron chi connectivity index (χ1n) is 10.2. The number of fused-ring (bicyclic) bond motifs is 1. The van der Waals surface area contributed by atoms with Crippen molar-refractivity contribution in [3.05, 3.63) is 16.0 Å². The monoisotopic (exact) mass is 407 g/mol. The molecular weight excluding hydrogens is 378 g/mol. The summed E-state index contributed by atoms with van der Waals surface area (Å²) in [5.41, 5.74) is 1.46. The number of hydrogen-bond donors (Lipinski definition) is 2. The van der Waals surface area contributed by atoms with Gasteiger partial charge in [-0.2, -0.15) is 0 Å². The van der Waals surface area contributed by atoms with Crippen LogP contribution in [0.25, 0.3) is 0 Å². The molecule has 0 spiro atoms. The van der Waals surface area contributed by atoms with Crippen molar-refractivity contribution >= 4 is 34.2 Å². The molecule has 2 aliphatic rings. The maximum atomic E-state index is 12.9. The second-order valence-electron chi connectivity index (χ2n) is 8.33. The van der Waals surface area contributed by atoms with Crippen molar-refractivity contribution in [3.8, 4) is 0 Å². The van der Waals surface area contributed by atoms with Crippen molar-refractivity contribution in [3.63, 3.8) is 0 Å². The van der Waals surface area contributed by atoms with Crippen molar-refractivity contribution in [2.75, 3.05) is 5.32 Å². The van der Waals surface area contributed by atoms with Crippen molar-refractivity contribution in [2.45, 2.75) is 71.8 Å². The van der Waals surface area contributed by atoms with E-state index in [0.717, 1.165) is 42.5 Å².